The molecule has 0 spiro atoms. The third-order valence-electron chi connectivity index (χ3n) is 3.05. The fourth-order valence-corrected chi connectivity index (χ4v) is 2.64. The van der Waals surface area contributed by atoms with E-state index in [9.17, 15) is 0 Å². The summed E-state index contributed by atoms with van der Waals surface area (Å²) in [6.07, 6.45) is 1.56. The Hall–Kier alpha value is -1.53. The zero-order chi connectivity index (χ0) is 13.9. The van der Waals surface area contributed by atoms with Crippen LogP contribution >= 0.6 is 15.9 Å². The van der Waals surface area contributed by atoms with Gasteiger partial charge in [-0.05, 0) is 34.6 Å². The van der Waals surface area contributed by atoms with Crippen LogP contribution in [0.25, 0.3) is 11.3 Å². The zero-order valence-electron chi connectivity index (χ0n) is 10.9. The molecule has 1 aliphatic rings. The Morgan fingerprint density at radius 1 is 1.20 bits per heavy atom. The average molecular weight is 339 g/mol. The molecular weight excluding hydrogens is 324 g/mol. The number of ether oxygens (including phenoxy) is 2. The molecule has 1 aromatic heterocycles. The Kier molecular flexibility index (Phi) is 3.93. The highest BCUT2D eigenvalue weighted by molar-refractivity contribution is 9.10. The van der Waals surface area contributed by atoms with Gasteiger partial charge in [-0.25, -0.2) is 0 Å². The van der Waals surface area contributed by atoms with E-state index in [1.807, 2.05) is 18.2 Å². The van der Waals surface area contributed by atoms with Crippen LogP contribution in [0.15, 0.2) is 27.2 Å². The van der Waals surface area contributed by atoms with Crippen molar-refractivity contribution in [1.29, 1.82) is 0 Å². The molecule has 0 fully saturated rings. The van der Waals surface area contributed by atoms with Gasteiger partial charge in [-0.15, -0.1) is 0 Å². The molecule has 5 nitrogen and oxygen atoms in total. The summed E-state index contributed by atoms with van der Waals surface area (Å²) in [5.41, 5.74) is 7.20. The van der Waals surface area contributed by atoms with Gasteiger partial charge in [0.1, 0.15) is 11.5 Å². The lowest BCUT2D eigenvalue weighted by Gasteiger charge is -2.10. The van der Waals surface area contributed by atoms with Gasteiger partial charge >= 0.3 is 0 Å². The average Bonchev–Trinajstić information content (AvgIpc) is 2.76. The molecule has 1 aliphatic heterocycles. The summed E-state index contributed by atoms with van der Waals surface area (Å²) in [5.74, 6) is 2.26. The Labute approximate surface area is 125 Å². The summed E-state index contributed by atoms with van der Waals surface area (Å²) >= 11 is 3.52. The van der Waals surface area contributed by atoms with E-state index in [2.05, 4.69) is 21.1 Å². The third-order valence-corrected chi connectivity index (χ3v) is 3.64. The topological polar surface area (TPSA) is 70.5 Å². The molecule has 0 atom stereocenters. The van der Waals surface area contributed by atoms with Crippen molar-refractivity contribution in [2.75, 3.05) is 19.8 Å². The maximum absolute atomic E-state index is 5.71. The van der Waals surface area contributed by atoms with E-state index in [1.54, 1.807) is 0 Å². The van der Waals surface area contributed by atoms with E-state index >= 15 is 0 Å². The number of hydrogen-bond donors (Lipinski definition) is 1. The van der Waals surface area contributed by atoms with Gasteiger partial charge in [-0.3, -0.25) is 0 Å². The maximum Gasteiger partial charge on any atom is 0.175 e. The molecule has 0 amide bonds. The maximum atomic E-state index is 5.71. The van der Waals surface area contributed by atoms with Gasteiger partial charge in [0.25, 0.3) is 0 Å². The molecule has 0 radical (unpaired) electrons. The first-order valence-electron chi connectivity index (χ1n) is 6.53. The lowest BCUT2D eigenvalue weighted by Crippen LogP contribution is -2.01. The second-order valence-corrected chi connectivity index (χ2v) is 5.41. The van der Waals surface area contributed by atoms with Crippen LogP contribution < -0.4 is 15.2 Å². The summed E-state index contributed by atoms with van der Waals surface area (Å²) in [5, 5.41) is 4.07. The largest absolute Gasteiger partial charge is 0.489 e. The molecule has 106 valence electrons. The normalized spacial score (nSPS) is 14.1. The van der Waals surface area contributed by atoms with Gasteiger partial charge in [0.05, 0.1) is 17.7 Å². The fraction of sp³-hybridized carbons (Fsp3) is 0.357. The molecule has 3 rings (SSSR count). The van der Waals surface area contributed by atoms with Crippen LogP contribution in [0, 0.1) is 0 Å². The number of halogens is 1. The van der Waals surface area contributed by atoms with Gasteiger partial charge < -0.3 is 19.7 Å². The van der Waals surface area contributed by atoms with Gasteiger partial charge in [0.15, 0.2) is 11.5 Å². The Morgan fingerprint density at radius 2 is 2.05 bits per heavy atom. The predicted molar refractivity (Wildman–Crippen MR) is 78.0 cm³/mol. The second-order valence-electron chi connectivity index (χ2n) is 4.55. The van der Waals surface area contributed by atoms with Crippen molar-refractivity contribution >= 4 is 15.9 Å². The molecular formula is C14H15BrN2O3. The number of nitrogens with two attached hydrogens (primary N) is 1. The second kappa shape index (κ2) is 5.85. The highest BCUT2D eigenvalue weighted by atomic mass is 79.9. The number of fused-ring (bicyclic) bond motifs is 1. The quantitative estimate of drug-likeness (QED) is 0.931. The summed E-state index contributed by atoms with van der Waals surface area (Å²) in [7, 11) is 0. The molecule has 0 saturated heterocycles. The van der Waals surface area contributed by atoms with Crippen molar-refractivity contribution in [2.45, 2.75) is 12.8 Å². The van der Waals surface area contributed by atoms with Crippen LogP contribution in [-0.2, 0) is 6.42 Å². The molecule has 2 aromatic rings. The lowest BCUT2D eigenvalue weighted by atomic mass is 10.1. The number of hydrogen-bond acceptors (Lipinski definition) is 5. The summed E-state index contributed by atoms with van der Waals surface area (Å²) in [6, 6.07) is 5.78. The minimum atomic E-state index is 0.541. The Bertz CT molecular complexity index is 612. The fourth-order valence-electron chi connectivity index (χ4n) is 2.09. The molecule has 0 aliphatic carbocycles. The van der Waals surface area contributed by atoms with E-state index in [1.165, 1.54) is 0 Å². The van der Waals surface area contributed by atoms with Gasteiger partial charge in [0.2, 0.25) is 0 Å². The molecule has 2 N–H and O–H groups in total. The lowest BCUT2D eigenvalue weighted by molar-refractivity contribution is 0.296. The Balaban J connectivity index is 1.97. The summed E-state index contributed by atoms with van der Waals surface area (Å²) < 4.78 is 17.5. The highest BCUT2D eigenvalue weighted by Gasteiger charge is 2.17. The number of nitrogens with zero attached hydrogens (tertiary/aromatic N) is 1. The predicted octanol–water partition coefficient (Wildman–Crippen LogP) is 2.77. The Morgan fingerprint density at radius 3 is 2.90 bits per heavy atom. The third kappa shape index (κ3) is 2.66. The van der Waals surface area contributed by atoms with Crippen molar-refractivity contribution in [3.63, 3.8) is 0 Å². The number of benzene rings is 1. The first-order valence-corrected chi connectivity index (χ1v) is 7.32. The standard InChI is InChI=1S/C14H15BrN2O3/c15-11-6-9(12-8-10(2-3-16)20-17-12)7-13-14(11)19-5-1-4-18-13/h6-8H,1-5,16H2. The van der Waals surface area contributed by atoms with Crippen LogP contribution in [-0.4, -0.2) is 24.9 Å². The molecule has 0 bridgehead atoms. The minimum absolute atomic E-state index is 0.541. The summed E-state index contributed by atoms with van der Waals surface area (Å²) in [4.78, 5) is 0. The van der Waals surface area contributed by atoms with E-state index in [4.69, 9.17) is 19.7 Å². The van der Waals surface area contributed by atoms with E-state index < -0.39 is 0 Å². The van der Waals surface area contributed by atoms with Gasteiger partial charge in [-0.2, -0.15) is 0 Å². The van der Waals surface area contributed by atoms with Crippen LogP contribution in [0.1, 0.15) is 12.2 Å². The summed E-state index contributed by atoms with van der Waals surface area (Å²) in [6.45, 7) is 1.86. The monoisotopic (exact) mass is 338 g/mol. The van der Waals surface area contributed by atoms with Gasteiger partial charge in [-0.1, -0.05) is 5.16 Å². The van der Waals surface area contributed by atoms with Crippen LogP contribution in [0.2, 0.25) is 0 Å². The first kappa shape index (κ1) is 13.5. The van der Waals surface area contributed by atoms with Crippen molar-refractivity contribution in [1.82, 2.24) is 5.16 Å². The van der Waals surface area contributed by atoms with Gasteiger partial charge in [0, 0.05) is 24.5 Å². The number of aromatic nitrogens is 1. The van der Waals surface area contributed by atoms with Crippen molar-refractivity contribution in [3.8, 4) is 22.8 Å². The minimum Gasteiger partial charge on any atom is -0.489 e. The molecule has 2 heterocycles. The number of rotatable bonds is 3. The molecule has 0 unspecified atom stereocenters. The first-order chi connectivity index (χ1) is 9.78. The molecule has 1 aromatic carbocycles. The SMILES string of the molecule is NCCc1cc(-c2cc(Br)c3c(c2)OCCCO3)no1. The van der Waals surface area contributed by atoms with Crippen LogP contribution in [0.5, 0.6) is 11.5 Å². The van der Waals surface area contributed by atoms with Crippen molar-refractivity contribution < 1.29 is 14.0 Å². The van der Waals surface area contributed by atoms with Crippen LogP contribution in [0.4, 0.5) is 0 Å². The molecule has 20 heavy (non-hydrogen) atoms. The van der Waals surface area contributed by atoms with E-state index in [-0.39, 0.29) is 0 Å². The van der Waals surface area contributed by atoms with E-state index in [0.717, 1.165) is 39.4 Å². The van der Waals surface area contributed by atoms with E-state index in [0.29, 0.717) is 26.2 Å². The van der Waals surface area contributed by atoms with Crippen molar-refractivity contribution in [3.05, 3.63) is 28.4 Å². The van der Waals surface area contributed by atoms with Crippen molar-refractivity contribution in [2.24, 2.45) is 5.73 Å². The smallest absolute Gasteiger partial charge is 0.175 e. The zero-order valence-corrected chi connectivity index (χ0v) is 12.5. The van der Waals surface area contributed by atoms with Crippen LogP contribution in [0.3, 0.4) is 0 Å². The molecule has 6 heteroatoms. The molecule has 0 saturated carbocycles. The highest BCUT2D eigenvalue weighted by Crippen LogP contribution is 2.40.